The minimum absolute atomic E-state index is 0.226. The first kappa shape index (κ1) is 13.1. The highest BCUT2D eigenvalue weighted by atomic mass is 79.9. The third-order valence-corrected chi connectivity index (χ3v) is 4.22. The number of nitrogens with two attached hydrogens (primary N) is 1. The van der Waals surface area contributed by atoms with Crippen LogP contribution in [0.25, 0.3) is 10.9 Å². The van der Waals surface area contributed by atoms with Gasteiger partial charge in [0.15, 0.2) is 0 Å². The summed E-state index contributed by atoms with van der Waals surface area (Å²) in [5.74, 6) is 0.875. The maximum absolute atomic E-state index is 6.09. The number of nitrogens with zero attached hydrogens (tertiary/aromatic N) is 2. The molecule has 3 rings (SSSR count). The summed E-state index contributed by atoms with van der Waals surface area (Å²) in [4.78, 5) is 8.47. The number of benzene rings is 2. The summed E-state index contributed by atoms with van der Waals surface area (Å²) in [7, 11) is 0. The number of fused-ring (bicyclic) bond motifs is 1. The van der Waals surface area contributed by atoms with Crippen molar-refractivity contribution in [3.05, 3.63) is 52.0 Å². The van der Waals surface area contributed by atoms with Crippen molar-refractivity contribution >= 4 is 55.9 Å². The van der Waals surface area contributed by atoms with Gasteiger partial charge in [-0.1, -0.05) is 29.8 Å². The zero-order chi connectivity index (χ0) is 14.1. The summed E-state index contributed by atoms with van der Waals surface area (Å²) in [5.41, 5.74) is 7.36. The lowest BCUT2D eigenvalue weighted by molar-refractivity contribution is 1.23. The van der Waals surface area contributed by atoms with E-state index in [0.717, 1.165) is 21.1 Å². The van der Waals surface area contributed by atoms with Crippen LogP contribution in [0, 0.1) is 0 Å². The Morgan fingerprint density at radius 2 is 1.85 bits per heavy atom. The molecule has 0 radical (unpaired) electrons. The van der Waals surface area contributed by atoms with E-state index in [9.17, 15) is 0 Å². The first-order chi connectivity index (χ1) is 9.65. The minimum atomic E-state index is 0.226. The van der Waals surface area contributed by atoms with Gasteiger partial charge in [-0.3, -0.25) is 0 Å². The smallest absolute Gasteiger partial charge is 0.222 e. The molecule has 0 fully saturated rings. The molecule has 0 saturated carbocycles. The summed E-state index contributed by atoms with van der Waals surface area (Å²) in [6.45, 7) is 0. The van der Waals surface area contributed by atoms with Gasteiger partial charge in [-0.2, -0.15) is 4.98 Å². The fourth-order valence-corrected chi connectivity index (χ4v) is 2.46. The summed E-state index contributed by atoms with van der Waals surface area (Å²) in [5, 5.41) is 4.76. The van der Waals surface area contributed by atoms with E-state index in [1.165, 1.54) is 0 Å². The largest absolute Gasteiger partial charge is 0.368 e. The van der Waals surface area contributed by atoms with Gasteiger partial charge >= 0.3 is 0 Å². The first-order valence-corrected chi connectivity index (χ1v) is 7.05. The van der Waals surface area contributed by atoms with E-state index in [1.807, 2.05) is 42.5 Å². The number of nitrogen functional groups attached to an aromatic ring is 1. The van der Waals surface area contributed by atoms with E-state index >= 15 is 0 Å². The molecule has 1 aromatic heterocycles. The van der Waals surface area contributed by atoms with Crippen LogP contribution in [0.4, 0.5) is 17.5 Å². The van der Waals surface area contributed by atoms with Crippen LogP contribution in [0.15, 0.2) is 46.9 Å². The van der Waals surface area contributed by atoms with Crippen LogP contribution in [0.5, 0.6) is 0 Å². The molecule has 6 heteroatoms. The first-order valence-electron chi connectivity index (χ1n) is 5.88. The molecule has 20 heavy (non-hydrogen) atoms. The second-order valence-electron chi connectivity index (χ2n) is 4.17. The topological polar surface area (TPSA) is 63.8 Å². The maximum Gasteiger partial charge on any atom is 0.222 e. The minimum Gasteiger partial charge on any atom is -0.368 e. The Labute approximate surface area is 129 Å². The molecule has 0 aliphatic heterocycles. The summed E-state index contributed by atoms with van der Waals surface area (Å²) >= 11 is 9.54. The van der Waals surface area contributed by atoms with Crippen LogP contribution in [-0.2, 0) is 0 Å². The molecule has 3 aromatic rings. The highest BCUT2D eigenvalue weighted by Crippen LogP contribution is 2.33. The molecule has 2 aromatic carbocycles. The predicted molar refractivity (Wildman–Crippen MR) is 86.4 cm³/mol. The van der Waals surface area contributed by atoms with Gasteiger partial charge in [-0.05, 0) is 40.2 Å². The average molecular weight is 350 g/mol. The lowest BCUT2D eigenvalue weighted by Crippen LogP contribution is -2.01. The third kappa shape index (κ3) is 2.42. The number of rotatable bonds is 2. The molecule has 0 aliphatic carbocycles. The van der Waals surface area contributed by atoms with Gasteiger partial charge in [0, 0.05) is 5.39 Å². The molecular weight excluding hydrogens is 340 g/mol. The number of anilines is 3. The fourth-order valence-electron chi connectivity index (χ4n) is 1.92. The van der Waals surface area contributed by atoms with Crippen LogP contribution in [0.2, 0.25) is 5.02 Å². The Morgan fingerprint density at radius 1 is 1.05 bits per heavy atom. The van der Waals surface area contributed by atoms with Crippen LogP contribution < -0.4 is 11.1 Å². The molecular formula is C14H10BrClN4. The van der Waals surface area contributed by atoms with Crippen LogP contribution >= 0.6 is 27.5 Å². The van der Waals surface area contributed by atoms with Gasteiger partial charge in [-0.15, -0.1) is 0 Å². The molecule has 0 amide bonds. The zero-order valence-corrected chi connectivity index (χ0v) is 12.6. The van der Waals surface area contributed by atoms with Crippen molar-refractivity contribution in [3.8, 4) is 0 Å². The molecule has 4 nitrogen and oxygen atoms in total. The van der Waals surface area contributed by atoms with Crippen molar-refractivity contribution in [2.45, 2.75) is 0 Å². The van der Waals surface area contributed by atoms with Gasteiger partial charge in [-0.25, -0.2) is 4.98 Å². The third-order valence-electron chi connectivity index (χ3n) is 2.83. The van der Waals surface area contributed by atoms with Crippen LogP contribution in [0.1, 0.15) is 0 Å². The van der Waals surface area contributed by atoms with Gasteiger partial charge < -0.3 is 11.1 Å². The highest BCUT2D eigenvalue weighted by molar-refractivity contribution is 9.10. The molecule has 0 unspecified atom stereocenters. The summed E-state index contributed by atoms with van der Waals surface area (Å²) < 4.78 is 0.780. The van der Waals surface area contributed by atoms with Gasteiger partial charge in [0.25, 0.3) is 0 Å². The van der Waals surface area contributed by atoms with Crippen molar-refractivity contribution in [3.63, 3.8) is 0 Å². The van der Waals surface area contributed by atoms with Crippen molar-refractivity contribution in [2.75, 3.05) is 11.1 Å². The number of hydrogen-bond donors (Lipinski definition) is 2. The number of halogens is 2. The van der Waals surface area contributed by atoms with Crippen molar-refractivity contribution in [1.29, 1.82) is 0 Å². The quantitative estimate of drug-likeness (QED) is 0.721. The number of aromatic nitrogens is 2. The average Bonchev–Trinajstić information content (AvgIpc) is 2.43. The monoisotopic (exact) mass is 348 g/mol. The van der Waals surface area contributed by atoms with E-state index in [0.29, 0.717) is 10.8 Å². The Hall–Kier alpha value is -1.85. The lowest BCUT2D eigenvalue weighted by Gasteiger charge is -2.11. The number of hydrogen-bond acceptors (Lipinski definition) is 4. The number of para-hydroxylation sites is 1. The van der Waals surface area contributed by atoms with Crippen molar-refractivity contribution in [2.24, 2.45) is 0 Å². The van der Waals surface area contributed by atoms with E-state index in [2.05, 4.69) is 31.2 Å². The molecule has 1 heterocycles. The molecule has 0 atom stereocenters. The van der Waals surface area contributed by atoms with E-state index < -0.39 is 0 Å². The van der Waals surface area contributed by atoms with E-state index in [1.54, 1.807) is 0 Å². The fraction of sp³-hybridized carbons (Fsp3) is 0. The normalized spacial score (nSPS) is 10.7. The molecule has 100 valence electrons. The second-order valence-corrected chi connectivity index (χ2v) is 5.37. The highest BCUT2D eigenvalue weighted by Gasteiger charge is 2.09. The molecule has 3 N–H and O–H groups in total. The van der Waals surface area contributed by atoms with Gasteiger partial charge in [0.1, 0.15) is 5.82 Å². The zero-order valence-electron chi connectivity index (χ0n) is 10.3. The predicted octanol–water partition coefficient (Wildman–Crippen LogP) is 4.37. The number of nitrogens with one attached hydrogen (secondary N) is 1. The Kier molecular flexibility index (Phi) is 3.46. The summed E-state index contributed by atoms with van der Waals surface area (Å²) in [6.07, 6.45) is 0. The van der Waals surface area contributed by atoms with Crippen LogP contribution in [-0.4, -0.2) is 9.97 Å². The second kappa shape index (κ2) is 5.26. The Morgan fingerprint density at radius 3 is 2.70 bits per heavy atom. The van der Waals surface area contributed by atoms with Crippen molar-refractivity contribution in [1.82, 2.24) is 9.97 Å². The summed E-state index contributed by atoms with van der Waals surface area (Å²) in [6, 6.07) is 13.3. The standard InChI is InChI=1S/C14H10BrClN4/c15-12-9(16)5-3-7-11(12)18-13-8-4-1-2-6-10(8)19-14(17)20-13/h1-7H,(H3,17,18,19,20). The lowest BCUT2D eigenvalue weighted by atomic mass is 10.2. The molecule has 0 bridgehead atoms. The Bertz CT molecular complexity index is 791. The Balaban J connectivity index is 2.13. The van der Waals surface area contributed by atoms with Crippen LogP contribution in [0.3, 0.4) is 0 Å². The molecule has 0 spiro atoms. The maximum atomic E-state index is 6.09. The molecule has 0 saturated heterocycles. The van der Waals surface area contributed by atoms with E-state index in [4.69, 9.17) is 17.3 Å². The van der Waals surface area contributed by atoms with E-state index in [-0.39, 0.29) is 5.95 Å². The SMILES string of the molecule is Nc1nc(Nc2cccc(Cl)c2Br)c2ccccc2n1. The van der Waals surface area contributed by atoms with Crippen molar-refractivity contribution < 1.29 is 0 Å². The van der Waals surface area contributed by atoms with Gasteiger partial charge in [0.05, 0.1) is 20.7 Å². The molecule has 0 aliphatic rings. The van der Waals surface area contributed by atoms with Gasteiger partial charge in [0.2, 0.25) is 5.95 Å².